The molecule has 0 heterocycles. The van der Waals surface area contributed by atoms with E-state index in [1.54, 1.807) is 25.1 Å². The second kappa shape index (κ2) is 5.90. The Hall–Kier alpha value is -1.10. The molecule has 0 fully saturated rings. The molecule has 2 aromatic carbocycles. The monoisotopic (exact) mass is 300 g/mol. The molecule has 19 heavy (non-hydrogen) atoms. The minimum Gasteiger partial charge on any atom is -0.389 e. The Morgan fingerprint density at radius 1 is 1.05 bits per heavy atom. The molecule has 0 amide bonds. The molecule has 0 spiro atoms. The van der Waals surface area contributed by atoms with Crippen LogP contribution in [0.25, 0.3) is 0 Å². The lowest BCUT2D eigenvalue weighted by atomic mass is 10.1. The first-order valence-corrected chi connectivity index (χ1v) is 6.77. The lowest BCUT2D eigenvalue weighted by Crippen LogP contribution is -1.92. The van der Waals surface area contributed by atoms with Crippen molar-refractivity contribution in [3.05, 3.63) is 58.6 Å². The highest BCUT2D eigenvalue weighted by molar-refractivity contribution is 7.99. The maximum atomic E-state index is 13.1. The summed E-state index contributed by atoms with van der Waals surface area (Å²) in [6, 6.07) is 8.91. The molecule has 1 nitrogen and oxygen atoms in total. The van der Waals surface area contributed by atoms with Crippen molar-refractivity contribution in [2.45, 2.75) is 22.8 Å². The fourth-order valence-electron chi connectivity index (χ4n) is 1.59. The van der Waals surface area contributed by atoms with Gasteiger partial charge in [0, 0.05) is 14.8 Å². The zero-order chi connectivity index (χ0) is 14.0. The van der Waals surface area contributed by atoms with Gasteiger partial charge in [-0.25, -0.2) is 8.78 Å². The fraction of sp³-hybridized carbons (Fsp3) is 0.143. The van der Waals surface area contributed by atoms with E-state index < -0.39 is 17.7 Å². The van der Waals surface area contributed by atoms with E-state index >= 15 is 0 Å². The highest BCUT2D eigenvalue weighted by Crippen LogP contribution is 2.33. The molecular weight excluding hydrogens is 290 g/mol. The summed E-state index contributed by atoms with van der Waals surface area (Å²) >= 11 is 7.31. The molecule has 0 radical (unpaired) electrons. The first kappa shape index (κ1) is 14.3. The van der Waals surface area contributed by atoms with Gasteiger partial charge in [0.15, 0.2) is 11.6 Å². The Balaban J connectivity index is 2.24. The summed E-state index contributed by atoms with van der Waals surface area (Å²) in [5.74, 6) is -1.75. The molecule has 5 heteroatoms. The fourth-order valence-corrected chi connectivity index (χ4v) is 2.87. The van der Waals surface area contributed by atoms with E-state index in [-0.39, 0.29) is 0 Å². The second-order valence-corrected chi connectivity index (χ2v) is 5.59. The van der Waals surface area contributed by atoms with Crippen LogP contribution in [0.3, 0.4) is 0 Å². The van der Waals surface area contributed by atoms with E-state index in [1.807, 2.05) is 0 Å². The lowest BCUT2D eigenvalue weighted by molar-refractivity contribution is 0.199. The van der Waals surface area contributed by atoms with E-state index in [0.717, 1.165) is 17.0 Å². The van der Waals surface area contributed by atoms with Crippen molar-refractivity contribution >= 4 is 23.4 Å². The van der Waals surface area contributed by atoms with Crippen molar-refractivity contribution in [1.82, 2.24) is 0 Å². The standard InChI is InChI=1S/C14H11ClF2OS/c1-8(18)11-4-2-9(6-12(11)15)19-10-3-5-13(16)14(17)7-10/h2-8,18H,1H3. The van der Waals surface area contributed by atoms with E-state index in [0.29, 0.717) is 15.5 Å². The highest BCUT2D eigenvalue weighted by Gasteiger charge is 2.09. The molecule has 0 bridgehead atoms. The zero-order valence-corrected chi connectivity index (χ0v) is 11.6. The van der Waals surface area contributed by atoms with Crippen molar-refractivity contribution in [2.24, 2.45) is 0 Å². The maximum Gasteiger partial charge on any atom is 0.159 e. The Morgan fingerprint density at radius 2 is 1.68 bits per heavy atom. The van der Waals surface area contributed by atoms with Gasteiger partial charge in [0.1, 0.15) is 0 Å². The third-order valence-electron chi connectivity index (χ3n) is 2.55. The average molecular weight is 301 g/mol. The molecule has 100 valence electrons. The number of halogens is 3. The van der Waals surface area contributed by atoms with E-state index in [9.17, 15) is 13.9 Å². The molecule has 1 atom stereocenters. The Bertz CT molecular complexity index is 602. The molecule has 2 rings (SSSR count). The summed E-state index contributed by atoms with van der Waals surface area (Å²) in [4.78, 5) is 1.38. The third-order valence-corrected chi connectivity index (χ3v) is 3.86. The van der Waals surface area contributed by atoms with Crippen molar-refractivity contribution in [1.29, 1.82) is 0 Å². The van der Waals surface area contributed by atoms with Crippen molar-refractivity contribution in [3.8, 4) is 0 Å². The van der Waals surface area contributed by atoms with E-state index in [1.165, 1.54) is 17.8 Å². The van der Waals surface area contributed by atoms with Crippen molar-refractivity contribution < 1.29 is 13.9 Å². The quantitative estimate of drug-likeness (QED) is 0.876. The summed E-state index contributed by atoms with van der Waals surface area (Å²) < 4.78 is 25.9. The van der Waals surface area contributed by atoms with Gasteiger partial charge in [-0.05, 0) is 42.8 Å². The molecular formula is C14H11ClF2OS. The van der Waals surface area contributed by atoms with Crippen LogP contribution < -0.4 is 0 Å². The SMILES string of the molecule is CC(O)c1ccc(Sc2ccc(F)c(F)c2)cc1Cl. The average Bonchev–Trinajstić information content (AvgIpc) is 2.33. The maximum absolute atomic E-state index is 13.1. The van der Waals surface area contributed by atoms with Crippen LogP contribution in [-0.2, 0) is 0 Å². The number of hydrogen-bond acceptors (Lipinski definition) is 2. The second-order valence-electron chi connectivity index (χ2n) is 4.04. The van der Waals surface area contributed by atoms with Crippen molar-refractivity contribution in [3.63, 3.8) is 0 Å². The molecule has 0 saturated carbocycles. The zero-order valence-electron chi connectivity index (χ0n) is 10.0. The van der Waals surface area contributed by atoms with E-state index in [4.69, 9.17) is 11.6 Å². The minimum absolute atomic E-state index is 0.447. The topological polar surface area (TPSA) is 20.2 Å². The molecule has 0 saturated heterocycles. The predicted molar refractivity (Wildman–Crippen MR) is 72.6 cm³/mol. The molecule has 1 unspecified atom stereocenters. The molecule has 1 N–H and O–H groups in total. The normalized spacial score (nSPS) is 12.5. The van der Waals surface area contributed by atoms with Gasteiger partial charge in [0.25, 0.3) is 0 Å². The van der Waals surface area contributed by atoms with Crippen LogP contribution in [0.15, 0.2) is 46.2 Å². The first-order chi connectivity index (χ1) is 8.97. The Labute approximate surface area is 119 Å². The van der Waals surface area contributed by atoms with Gasteiger partial charge in [-0.1, -0.05) is 29.4 Å². The van der Waals surface area contributed by atoms with Crippen LogP contribution in [0, 0.1) is 11.6 Å². The van der Waals surface area contributed by atoms with Crippen LogP contribution in [0.4, 0.5) is 8.78 Å². The number of benzene rings is 2. The summed E-state index contributed by atoms with van der Waals surface area (Å²) in [6.07, 6.45) is -0.644. The molecule has 0 aliphatic rings. The lowest BCUT2D eigenvalue weighted by Gasteiger charge is -2.09. The van der Waals surface area contributed by atoms with E-state index in [2.05, 4.69) is 0 Å². The van der Waals surface area contributed by atoms with Gasteiger partial charge in [-0.2, -0.15) is 0 Å². The highest BCUT2D eigenvalue weighted by atomic mass is 35.5. The van der Waals surface area contributed by atoms with Crippen LogP contribution in [0.1, 0.15) is 18.6 Å². The first-order valence-electron chi connectivity index (χ1n) is 5.58. The van der Waals surface area contributed by atoms with Crippen LogP contribution in [0.2, 0.25) is 5.02 Å². The summed E-state index contributed by atoms with van der Waals surface area (Å²) in [5, 5.41) is 9.92. The van der Waals surface area contributed by atoms with Gasteiger partial charge in [-0.3, -0.25) is 0 Å². The summed E-state index contributed by atoms with van der Waals surface area (Å²) in [6.45, 7) is 1.63. The van der Waals surface area contributed by atoms with Crippen LogP contribution in [0.5, 0.6) is 0 Å². The largest absolute Gasteiger partial charge is 0.389 e. The van der Waals surface area contributed by atoms with Crippen LogP contribution in [-0.4, -0.2) is 5.11 Å². The smallest absolute Gasteiger partial charge is 0.159 e. The minimum atomic E-state index is -0.878. The number of rotatable bonds is 3. The molecule has 0 aromatic heterocycles. The summed E-state index contributed by atoms with van der Waals surface area (Å²) in [7, 11) is 0. The third kappa shape index (κ3) is 3.47. The Kier molecular flexibility index (Phi) is 4.45. The predicted octanol–water partition coefficient (Wildman–Crippen LogP) is 4.82. The van der Waals surface area contributed by atoms with Gasteiger partial charge in [0.2, 0.25) is 0 Å². The molecule has 0 aliphatic carbocycles. The number of aliphatic hydroxyl groups excluding tert-OH is 1. The van der Waals surface area contributed by atoms with Gasteiger partial charge in [-0.15, -0.1) is 0 Å². The van der Waals surface area contributed by atoms with Gasteiger partial charge in [0.05, 0.1) is 6.10 Å². The van der Waals surface area contributed by atoms with Crippen LogP contribution >= 0.6 is 23.4 Å². The summed E-state index contributed by atoms with van der Waals surface area (Å²) in [5.41, 5.74) is 0.635. The number of aliphatic hydroxyl groups is 1. The number of hydrogen-bond donors (Lipinski definition) is 1. The Morgan fingerprint density at radius 3 is 2.26 bits per heavy atom. The molecule has 0 aliphatic heterocycles. The van der Waals surface area contributed by atoms with Gasteiger partial charge >= 0.3 is 0 Å². The van der Waals surface area contributed by atoms with Gasteiger partial charge < -0.3 is 5.11 Å². The van der Waals surface area contributed by atoms with Crippen molar-refractivity contribution in [2.75, 3.05) is 0 Å². The molecule has 2 aromatic rings.